The third-order valence-electron chi connectivity index (χ3n) is 2.19. The number of rotatable bonds is 6. The van der Waals surface area contributed by atoms with Gasteiger partial charge in [0.2, 0.25) is 0 Å². The number of likely N-dealkylation sites (N-methyl/N-ethyl adjacent to an activating group) is 1. The molecule has 1 amide bonds. The first-order chi connectivity index (χ1) is 6.52. The minimum absolute atomic E-state index is 0.0880. The SMILES string of the molecule is CCCC(C(=O)NN)N(C)CC(C)C. The molecule has 0 aliphatic rings. The fourth-order valence-electron chi connectivity index (χ4n) is 1.62. The molecule has 0 radical (unpaired) electrons. The molecule has 4 nitrogen and oxygen atoms in total. The Morgan fingerprint density at radius 1 is 1.50 bits per heavy atom. The van der Waals surface area contributed by atoms with Crippen LogP contribution in [0, 0.1) is 5.92 Å². The van der Waals surface area contributed by atoms with Crippen LogP contribution in [0.15, 0.2) is 0 Å². The molecule has 4 heteroatoms. The van der Waals surface area contributed by atoms with Crippen molar-refractivity contribution in [2.75, 3.05) is 13.6 Å². The lowest BCUT2D eigenvalue weighted by atomic mass is 10.1. The van der Waals surface area contributed by atoms with Crippen LogP contribution in [0.5, 0.6) is 0 Å². The van der Waals surface area contributed by atoms with Crippen molar-refractivity contribution in [3.8, 4) is 0 Å². The normalized spacial score (nSPS) is 13.4. The molecule has 0 aromatic heterocycles. The average Bonchev–Trinajstić information content (AvgIpc) is 2.11. The predicted molar refractivity (Wildman–Crippen MR) is 58.5 cm³/mol. The fourth-order valence-corrected chi connectivity index (χ4v) is 1.62. The van der Waals surface area contributed by atoms with Crippen molar-refractivity contribution < 1.29 is 4.79 Å². The van der Waals surface area contributed by atoms with Crippen LogP contribution in [-0.2, 0) is 4.79 Å². The molecule has 0 aromatic carbocycles. The van der Waals surface area contributed by atoms with Crippen LogP contribution in [0.3, 0.4) is 0 Å². The quantitative estimate of drug-likeness (QED) is 0.378. The van der Waals surface area contributed by atoms with Gasteiger partial charge in [-0.25, -0.2) is 5.84 Å². The number of hydrogen-bond acceptors (Lipinski definition) is 3. The molecule has 0 heterocycles. The van der Waals surface area contributed by atoms with Crippen molar-refractivity contribution in [1.82, 2.24) is 10.3 Å². The van der Waals surface area contributed by atoms with Crippen LogP contribution in [0.2, 0.25) is 0 Å². The second-order valence-electron chi connectivity index (χ2n) is 4.15. The second-order valence-corrected chi connectivity index (χ2v) is 4.15. The summed E-state index contributed by atoms with van der Waals surface area (Å²) in [6, 6.07) is -0.0904. The van der Waals surface area contributed by atoms with Crippen molar-refractivity contribution in [3.63, 3.8) is 0 Å². The number of hydrazine groups is 1. The van der Waals surface area contributed by atoms with E-state index in [0.717, 1.165) is 19.4 Å². The maximum Gasteiger partial charge on any atom is 0.251 e. The largest absolute Gasteiger partial charge is 0.295 e. The third-order valence-corrected chi connectivity index (χ3v) is 2.19. The molecular weight excluding hydrogens is 178 g/mol. The van der Waals surface area contributed by atoms with E-state index in [1.54, 1.807) is 0 Å². The maximum atomic E-state index is 11.4. The Kier molecular flexibility index (Phi) is 6.49. The van der Waals surface area contributed by atoms with E-state index in [4.69, 9.17) is 5.84 Å². The zero-order chi connectivity index (χ0) is 11.1. The first-order valence-electron chi connectivity index (χ1n) is 5.23. The molecule has 0 fully saturated rings. The Hall–Kier alpha value is -0.610. The highest BCUT2D eigenvalue weighted by molar-refractivity contribution is 5.81. The molecule has 0 aliphatic carbocycles. The van der Waals surface area contributed by atoms with Gasteiger partial charge in [0.15, 0.2) is 0 Å². The molecule has 3 N–H and O–H groups in total. The van der Waals surface area contributed by atoms with Crippen molar-refractivity contribution in [3.05, 3.63) is 0 Å². The van der Waals surface area contributed by atoms with E-state index >= 15 is 0 Å². The van der Waals surface area contributed by atoms with E-state index < -0.39 is 0 Å². The van der Waals surface area contributed by atoms with Gasteiger partial charge in [-0.2, -0.15) is 0 Å². The fraction of sp³-hybridized carbons (Fsp3) is 0.900. The van der Waals surface area contributed by atoms with Gasteiger partial charge in [0.1, 0.15) is 0 Å². The second kappa shape index (κ2) is 6.79. The molecule has 0 rings (SSSR count). The van der Waals surface area contributed by atoms with Crippen LogP contribution < -0.4 is 11.3 Å². The lowest BCUT2D eigenvalue weighted by Gasteiger charge is -2.27. The topological polar surface area (TPSA) is 58.4 Å². The Balaban J connectivity index is 4.24. The standard InChI is InChI=1S/C10H23N3O/c1-5-6-9(10(14)12-11)13(4)7-8(2)3/h8-9H,5-7,11H2,1-4H3,(H,12,14). The van der Waals surface area contributed by atoms with Crippen LogP contribution in [-0.4, -0.2) is 30.4 Å². The molecule has 0 aliphatic heterocycles. The highest BCUT2D eigenvalue weighted by atomic mass is 16.2. The van der Waals surface area contributed by atoms with Gasteiger partial charge in [-0.1, -0.05) is 27.2 Å². The van der Waals surface area contributed by atoms with Crippen molar-refractivity contribution in [2.24, 2.45) is 11.8 Å². The molecule has 84 valence electrons. The minimum Gasteiger partial charge on any atom is -0.295 e. The molecule has 14 heavy (non-hydrogen) atoms. The summed E-state index contributed by atoms with van der Waals surface area (Å²) in [5, 5.41) is 0. The molecule has 0 aromatic rings. The molecule has 0 saturated carbocycles. The van der Waals surface area contributed by atoms with Crippen molar-refractivity contribution in [2.45, 2.75) is 39.7 Å². The third kappa shape index (κ3) is 4.58. The summed E-state index contributed by atoms with van der Waals surface area (Å²) >= 11 is 0. The number of carbonyl (C=O) groups is 1. The van der Waals surface area contributed by atoms with E-state index in [1.807, 2.05) is 7.05 Å². The highest BCUT2D eigenvalue weighted by Crippen LogP contribution is 2.07. The van der Waals surface area contributed by atoms with Gasteiger partial charge in [0.25, 0.3) is 5.91 Å². The highest BCUT2D eigenvalue weighted by Gasteiger charge is 2.21. The Labute approximate surface area is 86.8 Å². The molecule has 0 spiro atoms. The molecule has 0 saturated heterocycles. The molecular formula is C10H23N3O. The van der Waals surface area contributed by atoms with Crippen LogP contribution in [0.4, 0.5) is 0 Å². The van der Waals surface area contributed by atoms with E-state index in [0.29, 0.717) is 5.92 Å². The molecule has 1 unspecified atom stereocenters. The van der Waals surface area contributed by atoms with Gasteiger partial charge in [-0.3, -0.25) is 15.1 Å². The van der Waals surface area contributed by atoms with Gasteiger partial charge in [0, 0.05) is 6.54 Å². The summed E-state index contributed by atoms with van der Waals surface area (Å²) in [6.45, 7) is 7.26. The van der Waals surface area contributed by atoms with Gasteiger partial charge in [0.05, 0.1) is 6.04 Å². The zero-order valence-electron chi connectivity index (χ0n) is 9.71. The summed E-state index contributed by atoms with van der Waals surface area (Å²) in [5.41, 5.74) is 2.22. The lowest BCUT2D eigenvalue weighted by Crippen LogP contribution is -2.48. The minimum atomic E-state index is -0.0904. The van der Waals surface area contributed by atoms with Crippen molar-refractivity contribution >= 4 is 5.91 Å². The number of carbonyl (C=O) groups excluding carboxylic acids is 1. The van der Waals surface area contributed by atoms with Gasteiger partial charge < -0.3 is 0 Å². The zero-order valence-corrected chi connectivity index (χ0v) is 9.71. The first-order valence-corrected chi connectivity index (χ1v) is 5.23. The van der Waals surface area contributed by atoms with E-state index in [1.165, 1.54) is 0 Å². The Bertz CT molecular complexity index is 171. The number of nitrogens with one attached hydrogen (secondary N) is 1. The van der Waals surface area contributed by atoms with E-state index in [9.17, 15) is 4.79 Å². The number of nitrogens with zero attached hydrogens (tertiary/aromatic N) is 1. The number of amides is 1. The predicted octanol–water partition coefficient (Wildman–Crippen LogP) is 0.733. The van der Waals surface area contributed by atoms with Gasteiger partial charge in [-0.15, -0.1) is 0 Å². The lowest BCUT2D eigenvalue weighted by molar-refractivity contribution is -0.126. The Morgan fingerprint density at radius 3 is 2.43 bits per heavy atom. The molecule has 1 atom stereocenters. The van der Waals surface area contributed by atoms with E-state index in [2.05, 4.69) is 31.1 Å². The summed E-state index contributed by atoms with van der Waals surface area (Å²) in [6.07, 6.45) is 1.84. The Morgan fingerprint density at radius 2 is 2.07 bits per heavy atom. The first kappa shape index (κ1) is 13.4. The average molecular weight is 201 g/mol. The van der Waals surface area contributed by atoms with Crippen LogP contribution in [0.1, 0.15) is 33.6 Å². The maximum absolute atomic E-state index is 11.4. The number of hydrogen-bond donors (Lipinski definition) is 2. The van der Waals surface area contributed by atoms with Crippen molar-refractivity contribution in [1.29, 1.82) is 0 Å². The van der Waals surface area contributed by atoms with Crippen LogP contribution >= 0.6 is 0 Å². The number of nitrogens with two attached hydrogens (primary N) is 1. The van der Waals surface area contributed by atoms with Crippen LogP contribution in [0.25, 0.3) is 0 Å². The monoisotopic (exact) mass is 201 g/mol. The molecule has 0 bridgehead atoms. The summed E-state index contributed by atoms with van der Waals surface area (Å²) in [4.78, 5) is 13.5. The summed E-state index contributed by atoms with van der Waals surface area (Å²) < 4.78 is 0. The summed E-state index contributed by atoms with van der Waals surface area (Å²) in [7, 11) is 1.97. The van der Waals surface area contributed by atoms with Gasteiger partial charge in [-0.05, 0) is 19.4 Å². The smallest absolute Gasteiger partial charge is 0.251 e. The van der Waals surface area contributed by atoms with E-state index in [-0.39, 0.29) is 11.9 Å². The van der Waals surface area contributed by atoms with Gasteiger partial charge >= 0.3 is 0 Å². The summed E-state index contributed by atoms with van der Waals surface area (Å²) in [5.74, 6) is 5.62.